The second-order valence-corrected chi connectivity index (χ2v) is 2.52. The van der Waals surface area contributed by atoms with Crippen LogP contribution in [0.3, 0.4) is 0 Å². The van der Waals surface area contributed by atoms with Gasteiger partial charge in [-0.2, -0.15) is 0 Å². The summed E-state index contributed by atoms with van der Waals surface area (Å²) in [6.07, 6.45) is 1.31. The zero-order valence-electron chi connectivity index (χ0n) is 5.85. The number of carbonyl (C=O) groups is 1. The maximum Gasteiger partial charge on any atom is 0.193 e. The third-order valence-electron chi connectivity index (χ3n) is 1.26. The molecular weight excluding hydrogens is 166 g/mol. The van der Waals surface area contributed by atoms with Gasteiger partial charge in [-0.3, -0.25) is 9.59 Å². The van der Waals surface area contributed by atoms with Gasteiger partial charge in [0.2, 0.25) is 0 Å². The molecular formula is C7H6ClNO2. The molecule has 0 aromatic carbocycles. The van der Waals surface area contributed by atoms with Crippen molar-refractivity contribution in [2.75, 3.05) is 0 Å². The molecule has 0 amide bonds. The minimum absolute atomic E-state index is 0.134. The van der Waals surface area contributed by atoms with Gasteiger partial charge in [0, 0.05) is 12.3 Å². The number of hydrogen-bond donors (Lipinski definition) is 1. The molecule has 0 radical (unpaired) electrons. The van der Waals surface area contributed by atoms with E-state index in [4.69, 9.17) is 11.6 Å². The van der Waals surface area contributed by atoms with Crippen LogP contribution in [0.25, 0.3) is 0 Å². The molecule has 4 heteroatoms. The Labute approximate surface area is 68.0 Å². The van der Waals surface area contributed by atoms with Crippen molar-refractivity contribution in [3.05, 3.63) is 33.2 Å². The Bertz CT molecular complexity index is 343. The molecule has 1 heterocycles. The molecule has 0 aliphatic heterocycles. The Morgan fingerprint density at radius 3 is 2.73 bits per heavy atom. The number of H-pyrrole nitrogens is 1. The predicted octanol–water partition coefficient (Wildman–Crippen LogP) is 1.23. The fourth-order valence-corrected chi connectivity index (χ4v) is 0.876. The maximum absolute atomic E-state index is 11.0. The van der Waals surface area contributed by atoms with Gasteiger partial charge in [0.05, 0.1) is 5.56 Å². The molecule has 1 rings (SSSR count). The van der Waals surface area contributed by atoms with E-state index in [1.165, 1.54) is 19.2 Å². The number of rotatable bonds is 1. The Morgan fingerprint density at radius 1 is 1.64 bits per heavy atom. The zero-order valence-corrected chi connectivity index (χ0v) is 6.61. The number of ketones is 1. The summed E-state index contributed by atoms with van der Waals surface area (Å²) in [6, 6.07) is 1.18. The molecule has 3 nitrogen and oxygen atoms in total. The number of nitrogens with one attached hydrogen (secondary N) is 1. The average Bonchev–Trinajstić information content (AvgIpc) is 1.85. The Balaban J connectivity index is 3.32. The molecule has 0 fully saturated rings. The van der Waals surface area contributed by atoms with E-state index in [0.717, 1.165) is 0 Å². The highest BCUT2D eigenvalue weighted by Gasteiger charge is 2.03. The van der Waals surface area contributed by atoms with Crippen LogP contribution in [0.15, 0.2) is 17.1 Å². The number of carbonyl (C=O) groups excluding carboxylic acids is 1. The summed E-state index contributed by atoms with van der Waals surface area (Å²) in [5.74, 6) is -0.261. The number of Topliss-reactive ketones (excluding diaryl/α,β-unsaturated/α-hetero) is 1. The first-order chi connectivity index (χ1) is 5.11. The van der Waals surface area contributed by atoms with E-state index < -0.39 is 0 Å². The van der Waals surface area contributed by atoms with Gasteiger partial charge < -0.3 is 4.98 Å². The zero-order chi connectivity index (χ0) is 8.43. The molecule has 0 bridgehead atoms. The molecule has 0 saturated carbocycles. The molecule has 0 aliphatic carbocycles. The first-order valence-electron chi connectivity index (χ1n) is 3.00. The van der Waals surface area contributed by atoms with Crippen molar-refractivity contribution >= 4 is 17.4 Å². The van der Waals surface area contributed by atoms with Gasteiger partial charge in [0.25, 0.3) is 0 Å². The molecule has 0 atom stereocenters. The number of halogens is 1. The van der Waals surface area contributed by atoms with E-state index in [0.29, 0.717) is 0 Å². The molecule has 1 aromatic rings. The summed E-state index contributed by atoms with van der Waals surface area (Å²) in [6.45, 7) is 1.33. The molecule has 11 heavy (non-hydrogen) atoms. The summed E-state index contributed by atoms with van der Waals surface area (Å²) in [7, 11) is 0. The number of aromatic amines is 1. The van der Waals surface area contributed by atoms with Crippen LogP contribution in [0.4, 0.5) is 0 Å². The highest BCUT2D eigenvalue weighted by Crippen LogP contribution is 1.99. The second-order valence-electron chi connectivity index (χ2n) is 2.12. The van der Waals surface area contributed by atoms with E-state index in [1.54, 1.807) is 0 Å². The van der Waals surface area contributed by atoms with E-state index >= 15 is 0 Å². The molecule has 58 valence electrons. The third-order valence-corrected chi connectivity index (χ3v) is 1.48. The van der Waals surface area contributed by atoms with Gasteiger partial charge in [0.1, 0.15) is 5.15 Å². The smallest absolute Gasteiger partial charge is 0.193 e. The first-order valence-corrected chi connectivity index (χ1v) is 3.38. The van der Waals surface area contributed by atoms with Gasteiger partial charge in [-0.15, -0.1) is 0 Å². The lowest BCUT2D eigenvalue weighted by molar-refractivity contribution is 0.101. The fourth-order valence-electron chi connectivity index (χ4n) is 0.722. The summed E-state index contributed by atoms with van der Waals surface area (Å²) in [5.41, 5.74) is -0.212. The van der Waals surface area contributed by atoms with Crippen LogP contribution in [-0.2, 0) is 0 Å². The van der Waals surface area contributed by atoms with Crippen LogP contribution < -0.4 is 5.43 Å². The van der Waals surface area contributed by atoms with Crippen LogP contribution in [0.1, 0.15) is 17.3 Å². The van der Waals surface area contributed by atoms with Gasteiger partial charge in [-0.1, -0.05) is 11.6 Å². The topological polar surface area (TPSA) is 49.9 Å². The van der Waals surface area contributed by atoms with Crippen molar-refractivity contribution in [2.24, 2.45) is 0 Å². The van der Waals surface area contributed by atoms with Crippen molar-refractivity contribution in [3.63, 3.8) is 0 Å². The molecule has 0 unspecified atom stereocenters. The van der Waals surface area contributed by atoms with Crippen molar-refractivity contribution in [1.82, 2.24) is 4.98 Å². The third kappa shape index (κ3) is 1.68. The summed E-state index contributed by atoms with van der Waals surface area (Å²) < 4.78 is 0. The molecule has 0 aliphatic rings. The Kier molecular flexibility index (Phi) is 2.10. The SMILES string of the molecule is CC(=O)c1c[nH]c(Cl)cc1=O. The number of pyridine rings is 1. The van der Waals surface area contributed by atoms with Crippen LogP contribution in [-0.4, -0.2) is 10.8 Å². The summed E-state index contributed by atoms with van der Waals surface area (Å²) in [4.78, 5) is 24.2. The van der Waals surface area contributed by atoms with E-state index in [9.17, 15) is 9.59 Å². The maximum atomic E-state index is 11.0. The van der Waals surface area contributed by atoms with Crippen molar-refractivity contribution < 1.29 is 4.79 Å². The van der Waals surface area contributed by atoms with Gasteiger partial charge >= 0.3 is 0 Å². The summed E-state index contributed by atoms with van der Waals surface area (Å²) in [5, 5.41) is 0.236. The monoisotopic (exact) mass is 171 g/mol. The lowest BCUT2D eigenvalue weighted by Crippen LogP contribution is -2.11. The number of aromatic nitrogens is 1. The van der Waals surface area contributed by atoms with Crippen LogP contribution in [0, 0.1) is 0 Å². The van der Waals surface area contributed by atoms with Crippen LogP contribution in [0.5, 0.6) is 0 Å². The lowest BCUT2D eigenvalue weighted by atomic mass is 10.2. The Hall–Kier alpha value is -1.09. The van der Waals surface area contributed by atoms with E-state index in [-0.39, 0.29) is 21.9 Å². The minimum Gasteiger partial charge on any atom is -0.351 e. The van der Waals surface area contributed by atoms with Crippen molar-refractivity contribution in [1.29, 1.82) is 0 Å². The standard InChI is InChI=1S/C7H6ClNO2/c1-4(10)5-3-9-7(8)2-6(5)11/h2-3H,1H3,(H,9,11). The van der Waals surface area contributed by atoms with E-state index in [2.05, 4.69) is 4.98 Å². The van der Waals surface area contributed by atoms with Crippen LogP contribution >= 0.6 is 11.6 Å². The van der Waals surface area contributed by atoms with Gasteiger partial charge in [-0.25, -0.2) is 0 Å². The molecule has 1 aromatic heterocycles. The average molecular weight is 172 g/mol. The lowest BCUT2D eigenvalue weighted by Gasteiger charge is -1.92. The predicted molar refractivity (Wildman–Crippen MR) is 42.1 cm³/mol. The molecule has 0 saturated heterocycles. The van der Waals surface area contributed by atoms with Crippen molar-refractivity contribution in [3.8, 4) is 0 Å². The molecule has 0 spiro atoms. The minimum atomic E-state index is -0.346. The first kappa shape index (κ1) is 8.01. The van der Waals surface area contributed by atoms with Crippen LogP contribution in [0.2, 0.25) is 5.15 Å². The largest absolute Gasteiger partial charge is 0.351 e. The van der Waals surface area contributed by atoms with Gasteiger partial charge in [-0.05, 0) is 6.92 Å². The normalized spacial score (nSPS) is 9.64. The van der Waals surface area contributed by atoms with E-state index in [1.807, 2.05) is 0 Å². The van der Waals surface area contributed by atoms with Crippen molar-refractivity contribution in [2.45, 2.75) is 6.92 Å². The Morgan fingerprint density at radius 2 is 2.27 bits per heavy atom. The quantitative estimate of drug-likeness (QED) is 0.511. The highest BCUT2D eigenvalue weighted by atomic mass is 35.5. The number of hydrogen-bond acceptors (Lipinski definition) is 2. The van der Waals surface area contributed by atoms with Gasteiger partial charge in [0.15, 0.2) is 11.2 Å². The molecule has 1 N–H and O–H groups in total. The summed E-state index contributed by atoms with van der Waals surface area (Å²) >= 11 is 5.45. The highest BCUT2D eigenvalue weighted by molar-refractivity contribution is 6.29. The second kappa shape index (κ2) is 2.88. The fraction of sp³-hybridized carbons (Fsp3) is 0.143.